The average molecular weight is 396 g/mol. The normalized spacial score (nSPS) is 21.8. The third kappa shape index (κ3) is 3.14. The fourth-order valence-corrected chi connectivity index (χ4v) is 5.03. The Labute approximate surface area is 170 Å². The second kappa shape index (κ2) is 7.00. The Bertz CT molecular complexity index is 892. The molecule has 8 nitrogen and oxygen atoms in total. The van der Waals surface area contributed by atoms with Gasteiger partial charge in [-0.15, -0.1) is 0 Å². The highest BCUT2D eigenvalue weighted by Gasteiger charge is 2.51. The molecule has 1 unspecified atom stereocenters. The molecule has 0 aromatic carbocycles. The topological polar surface area (TPSA) is 87.1 Å². The van der Waals surface area contributed by atoms with E-state index in [1.54, 1.807) is 17.2 Å². The summed E-state index contributed by atoms with van der Waals surface area (Å²) in [4.78, 5) is 38.0. The maximum atomic E-state index is 13.1. The minimum absolute atomic E-state index is 0.125. The number of hydrogen-bond donors (Lipinski definition) is 1. The van der Waals surface area contributed by atoms with Crippen LogP contribution in [0.3, 0.4) is 0 Å². The minimum Gasteiger partial charge on any atom is -0.348 e. The van der Waals surface area contributed by atoms with E-state index >= 15 is 0 Å². The van der Waals surface area contributed by atoms with Crippen LogP contribution in [0.15, 0.2) is 24.8 Å². The van der Waals surface area contributed by atoms with Gasteiger partial charge >= 0.3 is 0 Å². The number of nitrogens with zero attached hydrogens (tertiary/aromatic N) is 5. The van der Waals surface area contributed by atoms with Gasteiger partial charge in [0.15, 0.2) is 0 Å². The van der Waals surface area contributed by atoms with Crippen molar-refractivity contribution < 1.29 is 9.59 Å². The van der Waals surface area contributed by atoms with Crippen molar-refractivity contribution in [2.45, 2.75) is 51.1 Å². The molecular weight excluding hydrogens is 368 g/mol. The van der Waals surface area contributed by atoms with Crippen LogP contribution in [-0.2, 0) is 28.1 Å². The highest BCUT2D eigenvalue weighted by atomic mass is 16.2. The molecule has 0 bridgehead atoms. The first-order valence-electron chi connectivity index (χ1n) is 10.7. The van der Waals surface area contributed by atoms with E-state index in [1.807, 2.05) is 24.1 Å². The number of H-pyrrole nitrogens is 1. The fraction of sp³-hybridized carbons (Fsp3) is 0.619. The summed E-state index contributed by atoms with van der Waals surface area (Å²) in [6, 6.07) is 1.87. The van der Waals surface area contributed by atoms with Gasteiger partial charge in [0, 0.05) is 50.1 Å². The van der Waals surface area contributed by atoms with Gasteiger partial charge in [-0.25, -0.2) is 4.98 Å². The van der Waals surface area contributed by atoms with Gasteiger partial charge in [0.2, 0.25) is 11.8 Å². The van der Waals surface area contributed by atoms with Crippen molar-refractivity contribution >= 4 is 11.8 Å². The molecule has 2 aromatic rings. The van der Waals surface area contributed by atoms with Gasteiger partial charge < -0.3 is 14.8 Å². The first-order valence-corrected chi connectivity index (χ1v) is 10.7. The van der Waals surface area contributed by atoms with E-state index in [0.717, 1.165) is 50.0 Å². The second-order valence-corrected chi connectivity index (χ2v) is 8.73. The molecule has 8 heteroatoms. The molecule has 1 saturated carbocycles. The van der Waals surface area contributed by atoms with E-state index in [1.165, 1.54) is 0 Å². The second-order valence-electron chi connectivity index (χ2n) is 8.73. The summed E-state index contributed by atoms with van der Waals surface area (Å²) in [5, 5.41) is 4.21. The molecule has 0 radical (unpaired) electrons. The van der Waals surface area contributed by atoms with E-state index < -0.39 is 0 Å². The lowest BCUT2D eigenvalue weighted by molar-refractivity contribution is -0.146. The standard InChI is InChI=1S/C21H28N6O2/c1-15(13-26-9-2-8-24-26)19(28)25-11-6-21(7-12-25)18-17(22-14-23-18)5-10-27(21)20(29)16-3-4-16/h2,8-9,14-16H,3-7,10-13H2,1H3,(H,22,23). The van der Waals surface area contributed by atoms with Gasteiger partial charge in [-0.3, -0.25) is 14.3 Å². The van der Waals surface area contributed by atoms with Gasteiger partial charge in [-0.05, 0) is 31.7 Å². The van der Waals surface area contributed by atoms with E-state index in [9.17, 15) is 9.59 Å². The fourth-order valence-electron chi connectivity index (χ4n) is 5.03. The number of nitrogens with one attached hydrogen (secondary N) is 1. The predicted octanol–water partition coefficient (Wildman–Crippen LogP) is 1.55. The van der Waals surface area contributed by atoms with Crippen molar-refractivity contribution in [2.75, 3.05) is 19.6 Å². The number of aromatic nitrogens is 4. The van der Waals surface area contributed by atoms with Crippen LogP contribution in [0.2, 0.25) is 0 Å². The molecule has 1 N–H and O–H groups in total. The molecule has 3 aliphatic rings. The summed E-state index contributed by atoms with van der Waals surface area (Å²) in [6.45, 7) is 4.60. The molecule has 5 rings (SSSR count). The highest BCUT2D eigenvalue weighted by molar-refractivity contribution is 5.82. The Hall–Kier alpha value is -2.64. The Morgan fingerprint density at radius 1 is 1.28 bits per heavy atom. The zero-order chi connectivity index (χ0) is 20.0. The first kappa shape index (κ1) is 18.4. The number of rotatable bonds is 4. The maximum Gasteiger partial charge on any atom is 0.227 e. The maximum absolute atomic E-state index is 13.1. The largest absolute Gasteiger partial charge is 0.348 e. The van der Waals surface area contributed by atoms with E-state index in [0.29, 0.717) is 19.6 Å². The molecule has 1 aliphatic carbocycles. The number of fused-ring (bicyclic) bond motifs is 2. The van der Waals surface area contributed by atoms with Crippen LogP contribution < -0.4 is 0 Å². The molecule has 29 heavy (non-hydrogen) atoms. The van der Waals surface area contributed by atoms with Crippen molar-refractivity contribution in [1.29, 1.82) is 0 Å². The lowest BCUT2D eigenvalue weighted by atomic mass is 9.78. The molecule has 4 heterocycles. The molecule has 1 atom stereocenters. The number of carbonyl (C=O) groups excluding carboxylic acids is 2. The number of piperidine rings is 1. The first-order chi connectivity index (χ1) is 14.1. The van der Waals surface area contributed by atoms with Crippen LogP contribution in [0.1, 0.15) is 44.0 Å². The van der Waals surface area contributed by atoms with Gasteiger partial charge in [-0.1, -0.05) is 6.92 Å². The molecule has 2 amide bonds. The number of imidazole rings is 1. The number of carbonyl (C=O) groups is 2. The van der Waals surface area contributed by atoms with Crippen molar-refractivity contribution in [2.24, 2.45) is 11.8 Å². The van der Waals surface area contributed by atoms with E-state index in [-0.39, 0.29) is 29.2 Å². The molecule has 1 spiro atoms. The monoisotopic (exact) mass is 396 g/mol. The summed E-state index contributed by atoms with van der Waals surface area (Å²) in [6.07, 6.45) is 9.73. The van der Waals surface area contributed by atoms with Crippen molar-refractivity contribution in [3.63, 3.8) is 0 Å². The van der Waals surface area contributed by atoms with Crippen molar-refractivity contribution in [3.8, 4) is 0 Å². The minimum atomic E-state index is -0.366. The predicted molar refractivity (Wildman–Crippen MR) is 106 cm³/mol. The summed E-state index contributed by atoms with van der Waals surface area (Å²) in [5.41, 5.74) is 1.81. The summed E-state index contributed by atoms with van der Waals surface area (Å²) in [7, 11) is 0. The van der Waals surface area contributed by atoms with Gasteiger partial charge in [0.1, 0.15) is 0 Å². The Kier molecular flexibility index (Phi) is 4.44. The average Bonchev–Trinajstić information content (AvgIpc) is 3.24. The Morgan fingerprint density at radius 3 is 2.76 bits per heavy atom. The molecule has 154 valence electrons. The number of aromatic amines is 1. The summed E-state index contributed by atoms with van der Waals surface area (Å²) >= 11 is 0. The highest BCUT2D eigenvalue weighted by Crippen LogP contribution is 2.45. The summed E-state index contributed by atoms with van der Waals surface area (Å²) < 4.78 is 1.81. The zero-order valence-electron chi connectivity index (χ0n) is 16.9. The van der Waals surface area contributed by atoms with Gasteiger partial charge in [-0.2, -0.15) is 5.10 Å². The van der Waals surface area contributed by atoms with Gasteiger partial charge in [0.25, 0.3) is 0 Å². The van der Waals surface area contributed by atoms with Crippen LogP contribution >= 0.6 is 0 Å². The molecule has 1 saturated heterocycles. The smallest absolute Gasteiger partial charge is 0.227 e. The number of likely N-dealkylation sites (tertiary alicyclic amines) is 1. The zero-order valence-corrected chi connectivity index (χ0v) is 16.9. The van der Waals surface area contributed by atoms with Crippen molar-refractivity contribution in [3.05, 3.63) is 36.2 Å². The lowest BCUT2D eigenvalue weighted by Crippen LogP contribution is -2.59. The van der Waals surface area contributed by atoms with Gasteiger partial charge in [0.05, 0.1) is 30.0 Å². The van der Waals surface area contributed by atoms with Crippen LogP contribution in [0.5, 0.6) is 0 Å². The molecular formula is C21H28N6O2. The summed E-state index contributed by atoms with van der Waals surface area (Å²) in [5.74, 6) is 0.514. The molecule has 2 aliphatic heterocycles. The SMILES string of the molecule is CC(Cn1cccn1)C(=O)N1CCC2(CC1)c1nc[nH]c1CCN2C(=O)C1CC1. The van der Waals surface area contributed by atoms with Crippen LogP contribution in [-0.4, -0.2) is 61.0 Å². The van der Waals surface area contributed by atoms with Crippen LogP contribution in [0.25, 0.3) is 0 Å². The van der Waals surface area contributed by atoms with Crippen LogP contribution in [0.4, 0.5) is 0 Å². The third-order valence-corrected chi connectivity index (χ3v) is 6.80. The number of hydrogen-bond acceptors (Lipinski definition) is 4. The lowest BCUT2D eigenvalue weighted by Gasteiger charge is -2.50. The van der Waals surface area contributed by atoms with Crippen LogP contribution in [0, 0.1) is 11.8 Å². The quantitative estimate of drug-likeness (QED) is 0.850. The van der Waals surface area contributed by atoms with Crippen molar-refractivity contribution in [1.82, 2.24) is 29.5 Å². The van der Waals surface area contributed by atoms with E-state index in [2.05, 4.69) is 20.0 Å². The molecule has 2 aromatic heterocycles. The molecule has 2 fully saturated rings. The number of amides is 2. The Balaban J connectivity index is 1.33. The van der Waals surface area contributed by atoms with E-state index in [4.69, 9.17) is 0 Å². The third-order valence-electron chi connectivity index (χ3n) is 6.80. The Morgan fingerprint density at radius 2 is 2.07 bits per heavy atom.